The van der Waals surface area contributed by atoms with Crippen LogP contribution in [0.3, 0.4) is 0 Å². The van der Waals surface area contributed by atoms with E-state index in [4.69, 9.17) is 0 Å². The second-order valence-electron chi connectivity index (χ2n) is 6.68. The van der Waals surface area contributed by atoms with Gasteiger partial charge in [-0.05, 0) is 42.7 Å². The van der Waals surface area contributed by atoms with E-state index in [1.54, 1.807) is 12.1 Å². The lowest BCUT2D eigenvalue weighted by Crippen LogP contribution is -2.31. The first-order chi connectivity index (χ1) is 13.0. The van der Waals surface area contributed by atoms with Crippen LogP contribution in [0.15, 0.2) is 59.5 Å². The summed E-state index contributed by atoms with van der Waals surface area (Å²) in [5.74, 6) is -0.0480. The molecule has 6 heteroatoms. The Balaban J connectivity index is 1.82. The molecular formula is C21H26N2O3S. The summed E-state index contributed by atoms with van der Waals surface area (Å²) in [6.07, 6.45) is 1.92. The van der Waals surface area contributed by atoms with E-state index in [2.05, 4.69) is 12.1 Å². The Kier molecular flexibility index (Phi) is 5.97. The van der Waals surface area contributed by atoms with Crippen LogP contribution in [0.2, 0.25) is 0 Å². The van der Waals surface area contributed by atoms with Crippen molar-refractivity contribution in [2.24, 2.45) is 0 Å². The van der Waals surface area contributed by atoms with E-state index in [1.807, 2.05) is 36.9 Å². The van der Waals surface area contributed by atoms with E-state index in [-0.39, 0.29) is 16.8 Å². The van der Waals surface area contributed by atoms with Gasteiger partial charge in [0.15, 0.2) is 0 Å². The molecule has 2 aromatic carbocycles. The van der Waals surface area contributed by atoms with Gasteiger partial charge in [-0.2, -0.15) is 4.31 Å². The zero-order valence-corrected chi connectivity index (χ0v) is 16.7. The zero-order chi connectivity index (χ0) is 19.4. The number of sulfonamides is 1. The zero-order valence-electron chi connectivity index (χ0n) is 15.8. The summed E-state index contributed by atoms with van der Waals surface area (Å²) >= 11 is 0. The van der Waals surface area contributed by atoms with Crippen molar-refractivity contribution in [2.75, 3.05) is 19.6 Å². The average molecular weight is 387 g/mol. The van der Waals surface area contributed by atoms with Gasteiger partial charge in [-0.15, -0.1) is 0 Å². The van der Waals surface area contributed by atoms with Crippen LogP contribution in [0, 0.1) is 0 Å². The number of benzene rings is 2. The van der Waals surface area contributed by atoms with Gasteiger partial charge in [-0.25, -0.2) is 8.42 Å². The maximum Gasteiger partial charge on any atom is 0.254 e. The Morgan fingerprint density at radius 1 is 1.04 bits per heavy atom. The van der Waals surface area contributed by atoms with Crippen LogP contribution >= 0.6 is 0 Å². The minimum Gasteiger partial charge on any atom is -0.332 e. The van der Waals surface area contributed by atoms with Crippen molar-refractivity contribution in [1.29, 1.82) is 0 Å². The summed E-state index contributed by atoms with van der Waals surface area (Å²) < 4.78 is 26.6. The molecule has 1 heterocycles. The smallest absolute Gasteiger partial charge is 0.254 e. The largest absolute Gasteiger partial charge is 0.332 e. The monoisotopic (exact) mass is 386 g/mol. The predicted octanol–water partition coefficient (Wildman–Crippen LogP) is 3.69. The third-order valence-corrected chi connectivity index (χ3v) is 7.21. The Bertz CT molecular complexity index is 875. The van der Waals surface area contributed by atoms with Gasteiger partial charge in [0, 0.05) is 25.2 Å². The summed E-state index contributed by atoms with van der Waals surface area (Å²) in [5.41, 5.74) is 1.67. The number of nitrogens with zero attached hydrogens (tertiary/aromatic N) is 2. The fraction of sp³-hybridized carbons (Fsp3) is 0.381. The fourth-order valence-electron chi connectivity index (χ4n) is 3.68. The van der Waals surface area contributed by atoms with Gasteiger partial charge in [-0.1, -0.05) is 44.2 Å². The minimum absolute atomic E-state index is 0.0480. The van der Waals surface area contributed by atoms with Crippen molar-refractivity contribution in [3.05, 3.63) is 65.7 Å². The highest BCUT2D eigenvalue weighted by atomic mass is 32.2. The molecule has 144 valence electrons. The molecule has 0 saturated carbocycles. The molecule has 1 fully saturated rings. The van der Waals surface area contributed by atoms with E-state index in [0.29, 0.717) is 18.7 Å². The van der Waals surface area contributed by atoms with Gasteiger partial charge in [0.1, 0.15) is 0 Å². The first-order valence-electron chi connectivity index (χ1n) is 9.45. The lowest BCUT2D eigenvalue weighted by atomic mass is 10.0. The van der Waals surface area contributed by atoms with Crippen LogP contribution in [-0.4, -0.2) is 43.2 Å². The maximum atomic E-state index is 13.0. The molecule has 1 amide bonds. The third-order valence-electron chi connectivity index (χ3n) is 5.14. The van der Waals surface area contributed by atoms with Crippen LogP contribution in [0.25, 0.3) is 0 Å². The van der Waals surface area contributed by atoms with E-state index in [1.165, 1.54) is 16.4 Å². The quantitative estimate of drug-likeness (QED) is 0.761. The second kappa shape index (κ2) is 8.23. The summed E-state index contributed by atoms with van der Waals surface area (Å²) in [6, 6.07) is 16.5. The van der Waals surface area contributed by atoms with Crippen LogP contribution in [-0.2, 0) is 10.0 Å². The van der Waals surface area contributed by atoms with Crippen molar-refractivity contribution in [3.8, 4) is 0 Å². The summed E-state index contributed by atoms with van der Waals surface area (Å²) in [6.45, 7) is 5.20. The van der Waals surface area contributed by atoms with E-state index >= 15 is 0 Å². The van der Waals surface area contributed by atoms with E-state index < -0.39 is 10.0 Å². The number of likely N-dealkylation sites (tertiary alicyclic amines) is 1. The second-order valence-corrected chi connectivity index (χ2v) is 8.62. The SMILES string of the molecule is CCN(CC)S(=O)(=O)c1ccc(C(=O)N2CCCC2c2ccccc2)cc1. The summed E-state index contributed by atoms with van der Waals surface area (Å²) in [7, 11) is -3.51. The number of hydrogen-bond donors (Lipinski definition) is 0. The van der Waals surface area contributed by atoms with Gasteiger partial charge < -0.3 is 4.90 Å². The van der Waals surface area contributed by atoms with Crippen molar-refractivity contribution in [1.82, 2.24) is 9.21 Å². The van der Waals surface area contributed by atoms with Crippen molar-refractivity contribution >= 4 is 15.9 Å². The Morgan fingerprint density at radius 3 is 2.26 bits per heavy atom. The number of carbonyl (C=O) groups excluding carboxylic acids is 1. The van der Waals surface area contributed by atoms with Crippen molar-refractivity contribution in [3.63, 3.8) is 0 Å². The number of hydrogen-bond acceptors (Lipinski definition) is 3. The molecule has 1 unspecified atom stereocenters. The number of rotatable bonds is 6. The molecule has 0 radical (unpaired) electrons. The Hall–Kier alpha value is -2.18. The molecule has 0 aromatic heterocycles. The number of carbonyl (C=O) groups is 1. The molecule has 1 saturated heterocycles. The van der Waals surface area contributed by atoms with Gasteiger partial charge in [0.2, 0.25) is 10.0 Å². The summed E-state index contributed by atoms with van der Waals surface area (Å²) in [4.78, 5) is 15.1. The van der Waals surface area contributed by atoms with E-state index in [9.17, 15) is 13.2 Å². The molecular weight excluding hydrogens is 360 g/mol. The molecule has 27 heavy (non-hydrogen) atoms. The highest BCUT2D eigenvalue weighted by Gasteiger charge is 2.30. The van der Waals surface area contributed by atoms with Gasteiger partial charge in [0.25, 0.3) is 5.91 Å². The predicted molar refractivity (Wildman–Crippen MR) is 106 cm³/mol. The minimum atomic E-state index is -3.51. The third kappa shape index (κ3) is 3.92. The van der Waals surface area contributed by atoms with Gasteiger partial charge in [0.05, 0.1) is 10.9 Å². The molecule has 1 aliphatic rings. The molecule has 1 aliphatic heterocycles. The van der Waals surface area contributed by atoms with E-state index in [0.717, 1.165) is 24.9 Å². The van der Waals surface area contributed by atoms with Crippen LogP contribution in [0.1, 0.15) is 48.7 Å². The van der Waals surface area contributed by atoms with Crippen molar-refractivity contribution < 1.29 is 13.2 Å². The maximum absolute atomic E-state index is 13.0. The molecule has 2 aromatic rings. The topological polar surface area (TPSA) is 57.7 Å². The first kappa shape index (κ1) is 19.6. The molecule has 5 nitrogen and oxygen atoms in total. The fourth-order valence-corrected chi connectivity index (χ4v) is 5.14. The highest BCUT2D eigenvalue weighted by molar-refractivity contribution is 7.89. The van der Waals surface area contributed by atoms with Gasteiger partial charge in [-0.3, -0.25) is 4.79 Å². The lowest BCUT2D eigenvalue weighted by Gasteiger charge is -2.25. The standard InChI is InChI=1S/C21H26N2O3S/c1-3-22(4-2)27(25,26)19-14-12-18(13-15-19)21(24)23-16-8-11-20(23)17-9-6-5-7-10-17/h5-7,9-10,12-15,20H,3-4,8,11,16H2,1-2H3. The molecule has 0 bridgehead atoms. The highest BCUT2D eigenvalue weighted by Crippen LogP contribution is 2.33. The molecule has 0 N–H and O–H groups in total. The Morgan fingerprint density at radius 2 is 1.67 bits per heavy atom. The lowest BCUT2D eigenvalue weighted by molar-refractivity contribution is 0.0735. The number of amides is 1. The molecule has 3 rings (SSSR count). The van der Waals surface area contributed by atoms with Gasteiger partial charge >= 0.3 is 0 Å². The van der Waals surface area contributed by atoms with Crippen LogP contribution in [0.4, 0.5) is 0 Å². The average Bonchev–Trinajstić information content (AvgIpc) is 3.19. The van der Waals surface area contributed by atoms with Crippen molar-refractivity contribution in [2.45, 2.75) is 37.6 Å². The Labute approximate surface area is 161 Å². The molecule has 1 atom stereocenters. The van der Waals surface area contributed by atoms with Crippen LogP contribution in [0.5, 0.6) is 0 Å². The molecule has 0 aliphatic carbocycles. The first-order valence-corrected chi connectivity index (χ1v) is 10.9. The summed E-state index contributed by atoms with van der Waals surface area (Å²) in [5, 5.41) is 0. The molecule has 0 spiro atoms. The van der Waals surface area contributed by atoms with Crippen LogP contribution < -0.4 is 0 Å². The normalized spacial score (nSPS) is 17.4.